The van der Waals surface area contributed by atoms with Crippen molar-refractivity contribution in [3.63, 3.8) is 0 Å². The zero-order chi connectivity index (χ0) is 24.3. The van der Waals surface area contributed by atoms with Gasteiger partial charge in [-0.3, -0.25) is 4.79 Å². The van der Waals surface area contributed by atoms with Gasteiger partial charge in [0.1, 0.15) is 4.60 Å². The number of amides is 1. The first-order chi connectivity index (χ1) is 16.1. The average molecular weight is 548 g/mol. The molecule has 1 fully saturated rings. The summed E-state index contributed by atoms with van der Waals surface area (Å²) in [4.78, 5) is 21.4. The van der Waals surface area contributed by atoms with Crippen molar-refractivity contribution in [3.05, 3.63) is 40.1 Å². The molecule has 2 aromatic heterocycles. The van der Waals surface area contributed by atoms with E-state index in [-0.39, 0.29) is 11.9 Å². The Morgan fingerprint density at radius 2 is 2.03 bits per heavy atom. The lowest BCUT2D eigenvalue weighted by molar-refractivity contribution is -0.129. The van der Waals surface area contributed by atoms with Crippen LogP contribution in [0.4, 0.5) is 5.95 Å². The number of nitrogens with one attached hydrogen (secondary N) is 2. The van der Waals surface area contributed by atoms with Crippen molar-refractivity contribution in [1.82, 2.24) is 29.4 Å². The van der Waals surface area contributed by atoms with Crippen LogP contribution in [0.2, 0.25) is 0 Å². The van der Waals surface area contributed by atoms with Crippen LogP contribution in [0.1, 0.15) is 37.3 Å². The molecule has 2 N–H and O–H groups in total. The van der Waals surface area contributed by atoms with Gasteiger partial charge in [0.2, 0.25) is 21.9 Å². The molecule has 3 heterocycles. The van der Waals surface area contributed by atoms with Gasteiger partial charge in [-0.1, -0.05) is 13.0 Å². The molecule has 5 rings (SSSR count). The molecule has 10 nitrogen and oxygen atoms in total. The number of carbonyl (C=O) groups excluding carboxylic acids is 1. The normalized spacial score (nSPS) is 22.8. The maximum Gasteiger partial charge on any atom is 0.225 e. The van der Waals surface area contributed by atoms with Gasteiger partial charge in [-0.15, -0.1) is 0 Å². The highest BCUT2D eigenvalue weighted by atomic mass is 79.9. The number of hydrogen-bond donors (Lipinski definition) is 2. The Morgan fingerprint density at radius 1 is 1.26 bits per heavy atom. The molecule has 0 saturated heterocycles. The minimum atomic E-state index is -3.26. The van der Waals surface area contributed by atoms with Crippen LogP contribution in [0.5, 0.6) is 0 Å². The Kier molecular flexibility index (Phi) is 5.64. The number of aromatic nitrogens is 4. The van der Waals surface area contributed by atoms with Crippen molar-refractivity contribution in [3.8, 4) is 5.69 Å². The van der Waals surface area contributed by atoms with Crippen LogP contribution in [0.15, 0.2) is 29.0 Å². The first kappa shape index (κ1) is 23.2. The molecule has 180 valence electrons. The van der Waals surface area contributed by atoms with E-state index in [9.17, 15) is 13.2 Å². The van der Waals surface area contributed by atoms with Crippen LogP contribution in [0.25, 0.3) is 16.7 Å². The molecule has 0 unspecified atom stereocenters. The van der Waals surface area contributed by atoms with Crippen LogP contribution < -0.4 is 10.6 Å². The summed E-state index contributed by atoms with van der Waals surface area (Å²) < 4.78 is 27.7. The van der Waals surface area contributed by atoms with Gasteiger partial charge in [0.05, 0.1) is 17.3 Å². The highest BCUT2D eigenvalue weighted by Crippen LogP contribution is 2.39. The second kappa shape index (κ2) is 8.28. The quantitative estimate of drug-likeness (QED) is 0.503. The van der Waals surface area contributed by atoms with Crippen molar-refractivity contribution in [2.75, 3.05) is 18.6 Å². The van der Waals surface area contributed by atoms with Crippen LogP contribution in [0, 0.1) is 5.41 Å². The molecule has 3 aromatic rings. The molecule has 0 bridgehead atoms. The molecule has 1 amide bonds. The zero-order valence-corrected chi connectivity index (χ0v) is 21.6. The van der Waals surface area contributed by atoms with E-state index < -0.39 is 15.4 Å². The predicted octanol–water partition coefficient (Wildman–Crippen LogP) is 2.57. The minimum Gasteiger partial charge on any atom is -0.359 e. The second-order valence-electron chi connectivity index (χ2n) is 9.34. The summed E-state index contributed by atoms with van der Waals surface area (Å²) in [6.07, 6.45) is 5.32. The van der Waals surface area contributed by atoms with Crippen LogP contribution in [0.3, 0.4) is 0 Å². The summed E-state index contributed by atoms with van der Waals surface area (Å²) in [6.45, 7) is 2.71. The van der Waals surface area contributed by atoms with Crippen LogP contribution in [-0.2, 0) is 27.9 Å². The van der Waals surface area contributed by atoms with Crippen molar-refractivity contribution >= 4 is 48.8 Å². The third-order valence-corrected chi connectivity index (χ3v) is 8.61. The van der Waals surface area contributed by atoms with Gasteiger partial charge < -0.3 is 10.6 Å². The van der Waals surface area contributed by atoms with E-state index in [1.807, 2.05) is 25.1 Å². The Hall–Kier alpha value is -2.57. The largest absolute Gasteiger partial charge is 0.359 e. The lowest BCUT2D eigenvalue weighted by atomic mass is 9.87. The van der Waals surface area contributed by atoms with Crippen LogP contribution >= 0.6 is 15.9 Å². The molecule has 1 saturated carbocycles. The molecule has 12 heteroatoms. The highest BCUT2D eigenvalue weighted by molar-refractivity contribution is 9.10. The molecular formula is C22H26BrN7O3S. The molecule has 34 heavy (non-hydrogen) atoms. The molecule has 1 aliphatic heterocycles. The van der Waals surface area contributed by atoms with Gasteiger partial charge in [-0.2, -0.15) is 14.4 Å². The summed E-state index contributed by atoms with van der Waals surface area (Å²) in [6, 6.07) is 5.92. The van der Waals surface area contributed by atoms with E-state index in [0.29, 0.717) is 35.7 Å². The molecule has 0 radical (unpaired) electrons. The van der Waals surface area contributed by atoms with E-state index in [1.54, 1.807) is 17.9 Å². The Morgan fingerprint density at radius 3 is 2.76 bits per heavy atom. The van der Waals surface area contributed by atoms with Crippen molar-refractivity contribution in [2.45, 2.75) is 45.3 Å². The van der Waals surface area contributed by atoms with Crippen molar-refractivity contribution < 1.29 is 13.2 Å². The second-order valence-corrected chi connectivity index (χ2v) is 12.1. The maximum absolute atomic E-state index is 12.2. The van der Waals surface area contributed by atoms with Gasteiger partial charge >= 0.3 is 0 Å². The van der Waals surface area contributed by atoms with Crippen molar-refractivity contribution in [2.24, 2.45) is 5.41 Å². The summed E-state index contributed by atoms with van der Waals surface area (Å²) in [5.74, 6) is 0.540. The Balaban J connectivity index is 1.43. The van der Waals surface area contributed by atoms with E-state index in [2.05, 4.69) is 36.6 Å². The number of anilines is 1. The summed E-state index contributed by atoms with van der Waals surface area (Å²) in [7, 11) is -1.59. The number of rotatable bonds is 5. The molecule has 1 aliphatic carbocycles. The fourth-order valence-electron chi connectivity index (χ4n) is 4.89. The van der Waals surface area contributed by atoms with E-state index in [0.717, 1.165) is 35.0 Å². The summed E-state index contributed by atoms with van der Waals surface area (Å²) in [5, 5.41) is 11.5. The maximum atomic E-state index is 12.2. The molecule has 1 aromatic carbocycles. The topological polar surface area (TPSA) is 122 Å². The summed E-state index contributed by atoms with van der Waals surface area (Å²) in [5.41, 5.74) is 2.97. The van der Waals surface area contributed by atoms with Gasteiger partial charge in [0.25, 0.3) is 0 Å². The number of carbonyl (C=O) groups is 1. The first-order valence-corrected chi connectivity index (χ1v) is 13.7. The fourth-order valence-corrected chi connectivity index (χ4v) is 6.07. The molecule has 0 spiro atoms. The van der Waals surface area contributed by atoms with E-state index >= 15 is 0 Å². The third kappa shape index (κ3) is 4.07. The smallest absolute Gasteiger partial charge is 0.225 e. The highest BCUT2D eigenvalue weighted by Gasteiger charge is 2.41. The van der Waals surface area contributed by atoms with Crippen LogP contribution in [-0.4, -0.2) is 57.7 Å². The van der Waals surface area contributed by atoms with Crippen molar-refractivity contribution in [1.29, 1.82) is 0 Å². The third-order valence-electron chi connectivity index (χ3n) is 6.83. The number of fused-ring (bicyclic) bond motifs is 2. The van der Waals surface area contributed by atoms with Gasteiger partial charge in [-0.05, 0) is 58.5 Å². The fraction of sp³-hybridized carbons (Fsp3) is 0.455. The standard InChI is InChI=1S/C22H26BrN7O3S/c1-22(20(31)24-2)7-6-15(9-22)26-21-25-10-17-18(23)28-30(19(17)27-21)16-5-4-13-11-29(34(3,32)33)12-14(13)8-16/h4-5,8,10,15H,6-7,9,11-12H2,1-3H3,(H,24,31)(H,25,26,27)/t15-,22-/m1/s1. The van der Waals surface area contributed by atoms with Gasteiger partial charge in [0, 0.05) is 37.8 Å². The minimum absolute atomic E-state index is 0.0567. The molecule has 2 aliphatic rings. The predicted molar refractivity (Wildman–Crippen MR) is 132 cm³/mol. The monoisotopic (exact) mass is 547 g/mol. The van der Waals surface area contributed by atoms with Gasteiger partial charge in [0.15, 0.2) is 5.65 Å². The number of halogens is 1. The number of hydrogen-bond acceptors (Lipinski definition) is 7. The lowest BCUT2D eigenvalue weighted by Gasteiger charge is -2.22. The van der Waals surface area contributed by atoms with E-state index in [4.69, 9.17) is 4.98 Å². The number of nitrogens with zero attached hydrogens (tertiary/aromatic N) is 5. The summed E-state index contributed by atoms with van der Waals surface area (Å²) >= 11 is 3.50. The van der Waals surface area contributed by atoms with Gasteiger partial charge in [-0.25, -0.2) is 18.1 Å². The SMILES string of the molecule is CNC(=O)[C@]1(C)CC[C@@H](Nc2ncc3c(Br)nn(-c4ccc5c(c4)CN(S(C)(=O)=O)C5)c3n2)C1. The Bertz CT molecular complexity index is 1410. The molecular weight excluding hydrogens is 522 g/mol. The molecule has 2 atom stereocenters. The lowest BCUT2D eigenvalue weighted by Crippen LogP contribution is -2.35. The number of benzene rings is 1. The van der Waals surface area contributed by atoms with E-state index in [1.165, 1.54) is 10.6 Å². The zero-order valence-electron chi connectivity index (χ0n) is 19.2. The Labute approximate surface area is 206 Å². The number of sulfonamides is 1. The average Bonchev–Trinajstić information content (AvgIpc) is 3.48. The first-order valence-electron chi connectivity index (χ1n) is 11.0.